The van der Waals surface area contributed by atoms with E-state index in [-0.39, 0.29) is 37.2 Å². The summed E-state index contributed by atoms with van der Waals surface area (Å²) in [6.45, 7) is 4.30. The number of rotatable bonds is 7. The third-order valence-electron chi connectivity index (χ3n) is 7.78. The summed E-state index contributed by atoms with van der Waals surface area (Å²) in [6, 6.07) is 18.2. The van der Waals surface area contributed by atoms with Crippen molar-refractivity contribution in [2.75, 3.05) is 19.6 Å². The predicted molar refractivity (Wildman–Crippen MR) is 165 cm³/mol. The molecular weight excluding hydrogens is 615 g/mol. The van der Waals surface area contributed by atoms with Gasteiger partial charge in [0.2, 0.25) is 5.89 Å². The number of nitrogens with one attached hydrogen (secondary N) is 1. The van der Waals surface area contributed by atoms with Gasteiger partial charge < -0.3 is 19.2 Å². The molecule has 1 N–H and O–H groups in total. The van der Waals surface area contributed by atoms with Crippen molar-refractivity contribution in [3.63, 3.8) is 0 Å². The molecule has 1 saturated heterocycles. The first-order chi connectivity index (χ1) is 22.5. The van der Waals surface area contributed by atoms with Gasteiger partial charge in [-0.25, -0.2) is 9.78 Å². The lowest BCUT2D eigenvalue weighted by Crippen LogP contribution is -2.36. The third kappa shape index (κ3) is 6.81. The quantitative estimate of drug-likeness (QED) is 0.237. The summed E-state index contributed by atoms with van der Waals surface area (Å²) in [7, 11) is 0. The number of aliphatic imine (C=N–C) groups is 1. The monoisotopic (exact) mass is 643 g/mol. The molecule has 2 atom stereocenters. The number of fused-ring (bicyclic) bond motifs is 1. The predicted octanol–water partition coefficient (Wildman–Crippen LogP) is 6.69. The Morgan fingerprint density at radius 2 is 1.94 bits per heavy atom. The van der Waals surface area contributed by atoms with Gasteiger partial charge in [-0.1, -0.05) is 38.1 Å². The highest BCUT2D eigenvalue weighted by Gasteiger charge is 2.36. The zero-order valence-corrected chi connectivity index (χ0v) is 25.2. The number of cyclic esters (lactones) is 1. The van der Waals surface area contributed by atoms with E-state index in [1.807, 2.05) is 13.8 Å². The number of benzene rings is 3. The van der Waals surface area contributed by atoms with Crippen LogP contribution in [0.15, 0.2) is 82.2 Å². The number of amidine groups is 1. The van der Waals surface area contributed by atoms with Crippen LogP contribution in [0.2, 0.25) is 0 Å². The van der Waals surface area contributed by atoms with E-state index in [1.165, 1.54) is 23.1 Å². The zero-order valence-electron chi connectivity index (χ0n) is 25.2. The van der Waals surface area contributed by atoms with Crippen molar-refractivity contribution in [1.29, 1.82) is 5.26 Å². The van der Waals surface area contributed by atoms with Crippen LogP contribution in [0.5, 0.6) is 5.75 Å². The lowest BCUT2D eigenvalue weighted by Gasteiger charge is -2.22. The summed E-state index contributed by atoms with van der Waals surface area (Å²) in [4.78, 5) is 35.8. The van der Waals surface area contributed by atoms with Crippen LogP contribution in [0.4, 0.5) is 18.0 Å². The van der Waals surface area contributed by atoms with E-state index in [1.54, 1.807) is 54.6 Å². The van der Waals surface area contributed by atoms with Crippen LogP contribution < -0.4 is 10.1 Å². The van der Waals surface area contributed by atoms with Crippen molar-refractivity contribution >= 4 is 28.9 Å². The molecule has 6 rings (SSSR count). The molecule has 10 nitrogen and oxygen atoms in total. The molecule has 0 aliphatic carbocycles. The molecule has 2 aliphatic rings. The molecule has 240 valence electrons. The van der Waals surface area contributed by atoms with Gasteiger partial charge in [-0.15, -0.1) is 13.2 Å². The number of carbonyl (C=O) groups excluding carboxylic acids is 2. The van der Waals surface area contributed by atoms with E-state index in [0.29, 0.717) is 45.1 Å². The molecule has 0 bridgehead atoms. The van der Waals surface area contributed by atoms with Gasteiger partial charge in [0.15, 0.2) is 5.58 Å². The van der Waals surface area contributed by atoms with Crippen molar-refractivity contribution in [3.8, 4) is 23.3 Å². The van der Waals surface area contributed by atoms with Crippen LogP contribution in [0.1, 0.15) is 52.7 Å². The first-order valence-electron chi connectivity index (χ1n) is 14.8. The van der Waals surface area contributed by atoms with Crippen LogP contribution in [-0.2, 0) is 4.74 Å². The van der Waals surface area contributed by atoms with Crippen molar-refractivity contribution in [2.45, 2.75) is 38.1 Å². The van der Waals surface area contributed by atoms with E-state index in [9.17, 15) is 28.0 Å². The molecular formula is C34H28F3N5O5. The van der Waals surface area contributed by atoms with Gasteiger partial charge in [0.1, 0.15) is 23.2 Å². The average molecular weight is 644 g/mol. The number of ether oxygens (including phenoxy) is 2. The van der Waals surface area contributed by atoms with Crippen molar-refractivity contribution in [3.05, 3.63) is 95.1 Å². The maximum atomic E-state index is 12.9. The molecule has 2 aliphatic heterocycles. The first-order valence-corrected chi connectivity index (χ1v) is 14.8. The molecule has 1 aromatic heterocycles. The van der Waals surface area contributed by atoms with Gasteiger partial charge in [-0.05, 0) is 54.5 Å². The van der Waals surface area contributed by atoms with E-state index in [4.69, 9.17) is 9.15 Å². The minimum atomic E-state index is -4.83. The number of nitriles is 1. The van der Waals surface area contributed by atoms with Gasteiger partial charge in [-0.2, -0.15) is 5.26 Å². The number of aromatic nitrogens is 1. The minimum Gasteiger partial charge on any atom is -0.442 e. The van der Waals surface area contributed by atoms with E-state index >= 15 is 0 Å². The maximum Gasteiger partial charge on any atom is 0.573 e. The van der Waals surface area contributed by atoms with Gasteiger partial charge in [-0.3, -0.25) is 14.7 Å². The summed E-state index contributed by atoms with van der Waals surface area (Å²) in [5.41, 5.74) is 3.95. The second-order valence-electron chi connectivity index (χ2n) is 11.4. The minimum absolute atomic E-state index is 0.0505. The molecule has 2 amide bonds. The molecule has 13 heteroatoms. The topological polar surface area (TPSA) is 130 Å². The Labute approximate surface area is 267 Å². The number of hydrogen-bond acceptors (Lipinski definition) is 8. The number of alkyl halides is 3. The Kier molecular flexibility index (Phi) is 8.42. The van der Waals surface area contributed by atoms with Crippen LogP contribution in [-0.4, -0.2) is 59.8 Å². The number of carbonyl (C=O) groups is 2. The number of oxazole rings is 1. The largest absolute Gasteiger partial charge is 0.573 e. The smallest absolute Gasteiger partial charge is 0.442 e. The summed E-state index contributed by atoms with van der Waals surface area (Å²) < 4.78 is 54.2. The molecule has 3 heterocycles. The lowest BCUT2D eigenvalue weighted by atomic mass is 9.96. The lowest BCUT2D eigenvalue weighted by molar-refractivity contribution is -0.274. The maximum absolute atomic E-state index is 12.9. The Balaban J connectivity index is 1.05. The first kappa shape index (κ1) is 31.3. The third-order valence-corrected chi connectivity index (χ3v) is 7.78. The van der Waals surface area contributed by atoms with E-state index in [2.05, 4.69) is 26.1 Å². The SMILES string of the molecule is CC(C)c1cc(C#N)cc2nc(-c3ccc(C(=O)NCC4CN(C5=NCC(c6ccccc6OC(F)(F)F)C=C5)C(=O)O4)cc3)oc12. The Hall–Kier alpha value is -5.64. The highest BCUT2D eigenvalue weighted by Crippen LogP contribution is 2.34. The number of hydrogen-bond donors (Lipinski definition) is 1. The number of amides is 2. The molecule has 2 unspecified atom stereocenters. The van der Waals surface area contributed by atoms with Crippen LogP contribution in [0.25, 0.3) is 22.6 Å². The Morgan fingerprint density at radius 1 is 1.17 bits per heavy atom. The fraction of sp³-hybridized carbons (Fsp3) is 0.265. The van der Waals surface area contributed by atoms with Crippen molar-refractivity contribution in [1.82, 2.24) is 15.2 Å². The number of nitrogens with zero attached hydrogens (tertiary/aromatic N) is 4. The zero-order chi connectivity index (χ0) is 33.3. The number of halogens is 3. The standard InChI is InChI=1S/C34H28F3N5O5/c1-19(2)26-13-20(15-38)14-27-30(26)46-32(41-27)22-9-7-21(8-10-22)31(43)40-17-24-18-42(33(44)45-24)29-12-11-23(16-39-29)25-5-3-4-6-28(25)47-34(35,36)37/h3-14,19,23-24H,16-18H2,1-2H3,(H,40,43). The van der Waals surface area contributed by atoms with Crippen LogP contribution in [0.3, 0.4) is 0 Å². The second kappa shape index (κ2) is 12.6. The molecule has 1 fully saturated rings. The second-order valence-corrected chi connectivity index (χ2v) is 11.4. The average Bonchev–Trinajstić information content (AvgIpc) is 3.66. The highest BCUT2D eigenvalue weighted by atomic mass is 19.4. The number of para-hydroxylation sites is 1. The molecule has 0 saturated carbocycles. The van der Waals surface area contributed by atoms with Crippen LogP contribution in [0, 0.1) is 11.3 Å². The van der Waals surface area contributed by atoms with E-state index < -0.39 is 24.5 Å². The molecule has 0 radical (unpaired) electrons. The fourth-order valence-corrected chi connectivity index (χ4v) is 5.45. The van der Waals surface area contributed by atoms with Crippen LogP contribution >= 0.6 is 0 Å². The summed E-state index contributed by atoms with van der Waals surface area (Å²) in [6.07, 6.45) is -2.89. The molecule has 0 spiro atoms. The van der Waals surface area contributed by atoms with Gasteiger partial charge in [0.05, 0.1) is 31.3 Å². The highest BCUT2D eigenvalue weighted by molar-refractivity contribution is 6.03. The van der Waals surface area contributed by atoms with E-state index in [0.717, 1.165) is 5.56 Å². The molecule has 47 heavy (non-hydrogen) atoms. The van der Waals surface area contributed by atoms with Gasteiger partial charge in [0, 0.05) is 28.2 Å². The normalized spacial score (nSPS) is 17.9. The van der Waals surface area contributed by atoms with Gasteiger partial charge >= 0.3 is 12.5 Å². The summed E-state index contributed by atoms with van der Waals surface area (Å²) in [5.74, 6) is -0.349. The Bertz CT molecular complexity index is 1940. The Morgan fingerprint density at radius 3 is 2.62 bits per heavy atom. The molecule has 4 aromatic rings. The van der Waals surface area contributed by atoms with Crippen molar-refractivity contribution < 1.29 is 36.7 Å². The number of dihydropyridines is 1. The van der Waals surface area contributed by atoms with Gasteiger partial charge in [0.25, 0.3) is 5.91 Å². The summed E-state index contributed by atoms with van der Waals surface area (Å²) >= 11 is 0. The summed E-state index contributed by atoms with van der Waals surface area (Å²) in [5, 5.41) is 12.2. The van der Waals surface area contributed by atoms with Crippen molar-refractivity contribution in [2.24, 2.45) is 4.99 Å². The fourth-order valence-electron chi connectivity index (χ4n) is 5.45. The molecule has 3 aromatic carbocycles.